The van der Waals surface area contributed by atoms with Gasteiger partial charge < -0.3 is 9.47 Å². The van der Waals surface area contributed by atoms with Crippen molar-refractivity contribution in [3.8, 4) is 0 Å². The number of alkyl halides is 1. The Morgan fingerprint density at radius 1 is 1.47 bits per heavy atom. The lowest BCUT2D eigenvalue weighted by Crippen LogP contribution is -2.50. The minimum atomic E-state index is -3.46. The molecule has 0 radical (unpaired) electrons. The van der Waals surface area contributed by atoms with E-state index < -0.39 is 10.2 Å². The maximum absolute atomic E-state index is 12.0. The smallest absolute Gasteiger partial charge is 0.279 e. The molecule has 0 aromatic heterocycles. The van der Waals surface area contributed by atoms with E-state index in [1.807, 2.05) is 0 Å². The minimum absolute atomic E-state index is 0.287. The molecule has 6 nitrogen and oxygen atoms in total. The van der Waals surface area contributed by atoms with E-state index in [9.17, 15) is 8.42 Å². The quantitative estimate of drug-likeness (QED) is 0.658. The number of nitrogens with one attached hydrogen (secondary N) is 1. The van der Waals surface area contributed by atoms with Gasteiger partial charge in [0.25, 0.3) is 10.2 Å². The zero-order valence-electron chi connectivity index (χ0n) is 9.89. The van der Waals surface area contributed by atoms with Crippen LogP contribution in [-0.2, 0) is 19.7 Å². The van der Waals surface area contributed by atoms with E-state index >= 15 is 0 Å². The van der Waals surface area contributed by atoms with E-state index in [1.54, 1.807) is 0 Å². The van der Waals surface area contributed by atoms with E-state index in [2.05, 4.69) is 4.72 Å². The molecule has 0 aromatic rings. The molecular formula is C9H19ClN2O4S. The largest absolute Gasteiger partial charge is 0.383 e. The van der Waals surface area contributed by atoms with Crippen LogP contribution in [0.2, 0.25) is 0 Å². The standard InChI is InChI=1S/C9H19ClN2O4S/c1-15-8-9(2-3-10)11-17(13,14)12-4-6-16-7-5-12/h9,11H,2-8H2,1H3. The van der Waals surface area contributed by atoms with E-state index in [1.165, 1.54) is 11.4 Å². The number of nitrogens with zero attached hydrogens (tertiary/aromatic N) is 1. The Kier molecular flexibility index (Phi) is 6.68. The van der Waals surface area contributed by atoms with Gasteiger partial charge in [0.2, 0.25) is 0 Å². The van der Waals surface area contributed by atoms with Gasteiger partial charge in [0.15, 0.2) is 0 Å². The molecule has 1 rings (SSSR count). The fourth-order valence-corrected chi connectivity index (χ4v) is 3.23. The van der Waals surface area contributed by atoms with Crippen LogP contribution < -0.4 is 4.72 Å². The molecule has 17 heavy (non-hydrogen) atoms. The highest BCUT2D eigenvalue weighted by atomic mass is 35.5. The fourth-order valence-electron chi connectivity index (χ4n) is 1.58. The summed E-state index contributed by atoms with van der Waals surface area (Å²) in [5.41, 5.74) is 0. The molecule has 0 spiro atoms. The number of ether oxygens (including phenoxy) is 2. The molecule has 0 aliphatic carbocycles. The average Bonchev–Trinajstić information content (AvgIpc) is 2.30. The average molecular weight is 287 g/mol. The Labute approximate surface area is 107 Å². The molecule has 8 heteroatoms. The van der Waals surface area contributed by atoms with Crippen molar-refractivity contribution < 1.29 is 17.9 Å². The lowest BCUT2D eigenvalue weighted by Gasteiger charge is -2.28. The molecule has 0 saturated carbocycles. The van der Waals surface area contributed by atoms with Crippen molar-refractivity contribution in [1.29, 1.82) is 0 Å². The van der Waals surface area contributed by atoms with Crippen molar-refractivity contribution in [1.82, 2.24) is 9.03 Å². The van der Waals surface area contributed by atoms with Gasteiger partial charge in [-0.1, -0.05) is 0 Å². The van der Waals surface area contributed by atoms with Gasteiger partial charge in [-0.2, -0.15) is 17.4 Å². The van der Waals surface area contributed by atoms with Crippen LogP contribution in [0.3, 0.4) is 0 Å². The summed E-state index contributed by atoms with van der Waals surface area (Å²) < 4.78 is 38.1. The van der Waals surface area contributed by atoms with Gasteiger partial charge in [-0.15, -0.1) is 11.6 Å². The van der Waals surface area contributed by atoms with Crippen LogP contribution in [0, 0.1) is 0 Å². The fraction of sp³-hybridized carbons (Fsp3) is 1.00. The van der Waals surface area contributed by atoms with Crippen LogP contribution in [0.1, 0.15) is 6.42 Å². The predicted octanol–water partition coefficient (Wildman–Crippen LogP) is -0.203. The van der Waals surface area contributed by atoms with Crippen LogP contribution in [0.5, 0.6) is 0 Å². The first kappa shape index (κ1) is 15.1. The molecule has 1 aliphatic rings. The van der Waals surface area contributed by atoms with Gasteiger partial charge in [0.05, 0.1) is 19.8 Å². The van der Waals surface area contributed by atoms with Gasteiger partial charge in [0.1, 0.15) is 0 Å². The summed E-state index contributed by atoms with van der Waals surface area (Å²) >= 11 is 5.62. The maximum atomic E-state index is 12.0. The number of hydrogen-bond acceptors (Lipinski definition) is 4. The van der Waals surface area contributed by atoms with Gasteiger partial charge in [0, 0.05) is 32.1 Å². The highest BCUT2D eigenvalue weighted by molar-refractivity contribution is 7.87. The van der Waals surface area contributed by atoms with Crippen LogP contribution in [-0.4, -0.2) is 64.7 Å². The van der Waals surface area contributed by atoms with Crippen LogP contribution in [0.4, 0.5) is 0 Å². The predicted molar refractivity (Wildman–Crippen MR) is 65.4 cm³/mol. The molecule has 1 atom stereocenters. The van der Waals surface area contributed by atoms with Crippen molar-refractivity contribution in [2.24, 2.45) is 0 Å². The summed E-state index contributed by atoms with van der Waals surface area (Å²) in [5, 5.41) is 0. The van der Waals surface area contributed by atoms with Crippen molar-refractivity contribution >= 4 is 21.8 Å². The van der Waals surface area contributed by atoms with Crippen molar-refractivity contribution in [3.05, 3.63) is 0 Å². The summed E-state index contributed by atoms with van der Waals surface area (Å²) in [6, 6.07) is -0.287. The van der Waals surface area contributed by atoms with Crippen LogP contribution in [0.15, 0.2) is 0 Å². The SMILES string of the molecule is COCC(CCCl)NS(=O)(=O)N1CCOCC1. The Balaban J connectivity index is 2.55. The summed E-state index contributed by atoms with van der Waals surface area (Å²) in [5.74, 6) is 0.389. The first-order valence-corrected chi connectivity index (χ1v) is 7.47. The molecule has 1 aliphatic heterocycles. The second-order valence-electron chi connectivity index (χ2n) is 3.76. The van der Waals surface area contributed by atoms with Gasteiger partial charge in [-0.05, 0) is 6.42 Å². The highest BCUT2D eigenvalue weighted by Crippen LogP contribution is 2.06. The number of morpholine rings is 1. The Morgan fingerprint density at radius 2 is 2.12 bits per heavy atom. The van der Waals surface area contributed by atoms with Gasteiger partial charge in [-0.3, -0.25) is 0 Å². The van der Waals surface area contributed by atoms with E-state index in [-0.39, 0.29) is 6.04 Å². The molecule has 102 valence electrons. The van der Waals surface area contributed by atoms with E-state index in [0.29, 0.717) is 45.2 Å². The molecule has 1 saturated heterocycles. The normalized spacial score (nSPS) is 20.4. The lowest BCUT2D eigenvalue weighted by atomic mass is 10.3. The molecule has 1 N–H and O–H groups in total. The third-order valence-electron chi connectivity index (χ3n) is 2.45. The second-order valence-corrected chi connectivity index (χ2v) is 5.84. The second kappa shape index (κ2) is 7.50. The number of hydrogen-bond donors (Lipinski definition) is 1. The van der Waals surface area contributed by atoms with Crippen LogP contribution >= 0.6 is 11.6 Å². The van der Waals surface area contributed by atoms with Crippen molar-refractivity contribution in [2.75, 3.05) is 45.9 Å². The van der Waals surface area contributed by atoms with Gasteiger partial charge >= 0.3 is 0 Å². The molecular weight excluding hydrogens is 268 g/mol. The molecule has 0 aromatic carbocycles. The third kappa shape index (κ3) is 5.07. The Bertz CT molecular complexity index is 300. The number of methoxy groups -OCH3 is 1. The summed E-state index contributed by atoms with van der Waals surface area (Å²) in [4.78, 5) is 0. The highest BCUT2D eigenvalue weighted by Gasteiger charge is 2.26. The topological polar surface area (TPSA) is 67.9 Å². The summed E-state index contributed by atoms with van der Waals surface area (Å²) in [6.07, 6.45) is 0.541. The van der Waals surface area contributed by atoms with E-state index in [0.717, 1.165) is 0 Å². The molecule has 1 fully saturated rings. The molecule has 1 heterocycles. The first-order valence-electron chi connectivity index (χ1n) is 5.50. The lowest BCUT2D eigenvalue weighted by molar-refractivity contribution is 0.0719. The number of rotatable bonds is 7. The van der Waals surface area contributed by atoms with Crippen molar-refractivity contribution in [2.45, 2.75) is 12.5 Å². The summed E-state index contributed by atoms with van der Waals surface area (Å²) in [7, 11) is -1.93. The number of halogens is 1. The zero-order chi connectivity index (χ0) is 12.7. The van der Waals surface area contributed by atoms with Crippen molar-refractivity contribution in [3.63, 3.8) is 0 Å². The minimum Gasteiger partial charge on any atom is -0.383 e. The molecule has 0 amide bonds. The first-order chi connectivity index (χ1) is 8.10. The Hall–Kier alpha value is 0.0800. The molecule has 1 unspecified atom stereocenters. The monoisotopic (exact) mass is 286 g/mol. The molecule has 0 bridgehead atoms. The van der Waals surface area contributed by atoms with Gasteiger partial charge in [-0.25, -0.2) is 0 Å². The third-order valence-corrected chi connectivity index (χ3v) is 4.35. The van der Waals surface area contributed by atoms with E-state index in [4.69, 9.17) is 21.1 Å². The Morgan fingerprint density at radius 3 is 2.65 bits per heavy atom. The van der Waals surface area contributed by atoms with Crippen LogP contribution in [0.25, 0.3) is 0 Å². The maximum Gasteiger partial charge on any atom is 0.279 e. The zero-order valence-corrected chi connectivity index (χ0v) is 11.5. The summed E-state index contributed by atoms with van der Waals surface area (Å²) in [6.45, 7) is 1.96.